The number of hydrogen-bond donors (Lipinski definition) is 0. The smallest absolute Gasteiger partial charge is 0.395 e. The molecular weight excluding hydrogens is 241 g/mol. The summed E-state index contributed by atoms with van der Waals surface area (Å²) >= 11 is 0. The van der Waals surface area contributed by atoms with Crippen LogP contribution in [0.25, 0.3) is 0 Å². The number of halogens is 5. The molecule has 16 heavy (non-hydrogen) atoms. The lowest BCUT2D eigenvalue weighted by Gasteiger charge is -2.09. The Morgan fingerprint density at radius 3 is 2.25 bits per heavy atom. The molecule has 9 heteroatoms. The molecule has 1 aromatic carbocycles. The van der Waals surface area contributed by atoms with E-state index in [9.17, 15) is 32.1 Å². The average Bonchev–Trinajstić information content (AvgIpc) is 2.10. The Bertz CT molecular complexity index is 431. The summed E-state index contributed by atoms with van der Waals surface area (Å²) in [4.78, 5) is 8.92. The third kappa shape index (κ3) is 2.55. The minimum absolute atomic E-state index is 0.330. The predicted molar refractivity (Wildman–Crippen MR) is 39.7 cm³/mol. The van der Waals surface area contributed by atoms with E-state index in [4.69, 9.17) is 0 Å². The summed E-state index contributed by atoms with van der Waals surface area (Å²) < 4.78 is 63.7. The van der Waals surface area contributed by atoms with Gasteiger partial charge in [0.25, 0.3) is 0 Å². The highest BCUT2D eigenvalue weighted by Crippen LogP contribution is 2.35. The van der Waals surface area contributed by atoms with Gasteiger partial charge in [0, 0.05) is 6.07 Å². The van der Waals surface area contributed by atoms with Gasteiger partial charge >= 0.3 is 12.0 Å². The second-order valence-corrected chi connectivity index (χ2v) is 2.51. The van der Waals surface area contributed by atoms with Gasteiger partial charge in [0.15, 0.2) is 5.82 Å². The topological polar surface area (TPSA) is 52.4 Å². The average molecular weight is 243 g/mol. The summed E-state index contributed by atoms with van der Waals surface area (Å²) in [7, 11) is 0. The molecule has 4 nitrogen and oxygen atoms in total. The van der Waals surface area contributed by atoms with E-state index in [0.29, 0.717) is 12.1 Å². The van der Waals surface area contributed by atoms with Gasteiger partial charge in [0.2, 0.25) is 11.6 Å². The fourth-order valence-electron chi connectivity index (χ4n) is 0.878. The van der Waals surface area contributed by atoms with E-state index in [1.165, 1.54) is 0 Å². The number of nitro groups is 1. The van der Waals surface area contributed by atoms with Gasteiger partial charge in [-0.05, 0) is 6.07 Å². The summed E-state index contributed by atoms with van der Waals surface area (Å²) in [6.45, 7) is 0. The summed E-state index contributed by atoms with van der Waals surface area (Å²) in [6, 6.07) is 0.705. The van der Waals surface area contributed by atoms with Crippen LogP contribution in [0.5, 0.6) is 5.75 Å². The van der Waals surface area contributed by atoms with E-state index in [1.807, 2.05) is 0 Å². The minimum Gasteiger partial charge on any atom is -0.395 e. The number of benzene rings is 1. The second kappa shape index (κ2) is 3.91. The van der Waals surface area contributed by atoms with E-state index in [2.05, 4.69) is 4.74 Å². The van der Waals surface area contributed by atoms with Crippen LogP contribution in [-0.2, 0) is 0 Å². The molecule has 0 spiro atoms. The van der Waals surface area contributed by atoms with Crippen molar-refractivity contribution in [3.8, 4) is 5.75 Å². The Labute approximate surface area is 84.4 Å². The third-order valence-corrected chi connectivity index (χ3v) is 1.44. The lowest BCUT2D eigenvalue weighted by molar-refractivity contribution is -0.389. The zero-order chi connectivity index (χ0) is 12.5. The number of ether oxygens (including phenoxy) is 1. The Hall–Kier alpha value is -1.93. The van der Waals surface area contributed by atoms with Crippen LogP contribution in [0.4, 0.5) is 27.6 Å². The third-order valence-electron chi connectivity index (χ3n) is 1.44. The van der Waals surface area contributed by atoms with Crippen molar-refractivity contribution in [1.82, 2.24) is 0 Å². The van der Waals surface area contributed by atoms with Crippen molar-refractivity contribution in [3.05, 3.63) is 33.9 Å². The first kappa shape index (κ1) is 12.1. The van der Waals surface area contributed by atoms with E-state index >= 15 is 0 Å². The molecule has 0 atom stereocenters. The molecule has 88 valence electrons. The van der Waals surface area contributed by atoms with Crippen molar-refractivity contribution in [1.29, 1.82) is 0 Å². The quantitative estimate of drug-likeness (QED) is 0.456. The van der Waals surface area contributed by atoms with Gasteiger partial charge in [0.05, 0.1) is 4.92 Å². The van der Waals surface area contributed by atoms with Crippen LogP contribution in [0.3, 0.4) is 0 Å². The van der Waals surface area contributed by atoms with Crippen molar-refractivity contribution in [3.63, 3.8) is 0 Å². The molecule has 0 unspecified atom stereocenters. The maximum absolute atomic E-state index is 12.8. The number of nitrogens with zero attached hydrogens (tertiary/aromatic N) is 1. The molecule has 0 aliphatic heterocycles. The van der Waals surface area contributed by atoms with Gasteiger partial charge in [-0.2, -0.15) is 4.39 Å². The molecule has 0 N–H and O–H groups in total. The SMILES string of the molecule is O=[N+]([O-])c1ccc(F)c(F)c1OC(F)(F)F. The van der Waals surface area contributed by atoms with Crippen molar-refractivity contribution < 1.29 is 31.6 Å². The maximum atomic E-state index is 12.8. The number of hydrogen-bond acceptors (Lipinski definition) is 3. The van der Waals surface area contributed by atoms with Crippen molar-refractivity contribution in [2.24, 2.45) is 0 Å². The molecule has 0 aromatic heterocycles. The molecular formula is C7H2F5NO3. The van der Waals surface area contributed by atoms with Crippen LogP contribution in [0, 0.1) is 21.7 Å². The summed E-state index contributed by atoms with van der Waals surface area (Å²) in [5.74, 6) is -5.53. The number of alkyl halides is 3. The molecule has 0 saturated carbocycles. The van der Waals surface area contributed by atoms with Crippen LogP contribution in [-0.4, -0.2) is 11.3 Å². The normalized spacial score (nSPS) is 11.3. The summed E-state index contributed by atoms with van der Waals surface area (Å²) in [5, 5.41) is 10.2. The molecule has 0 aliphatic rings. The van der Waals surface area contributed by atoms with Crippen LogP contribution in [0.15, 0.2) is 12.1 Å². The highest BCUT2D eigenvalue weighted by molar-refractivity contribution is 5.47. The number of rotatable bonds is 2. The van der Waals surface area contributed by atoms with Crippen LogP contribution >= 0.6 is 0 Å². The molecule has 0 heterocycles. The summed E-state index contributed by atoms with van der Waals surface area (Å²) in [6.07, 6.45) is -5.35. The molecule has 0 aliphatic carbocycles. The summed E-state index contributed by atoms with van der Waals surface area (Å²) in [5.41, 5.74) is -1.31. The second-order valence-electron chi connectivity index (χ2n) is 2.51. The van der Waals surface area contributed by atoms with Gasteiger partial charge in [-0.1, -0.05) is 0 Å². The van der Waals surface area contributed by atoms with Gasteiger partial charge in [0.1, 0.15) is 0 Å². The van der Waals surface area contributed by atoms with Crippen molar-refractivity contribution in [2.75, 3.05) is 0 Å². The molecule has 1 aromatic rings. The monoisotopic (exact) mass is 243 g/mol. The lowest BCUT2D eigenvalue weighted by Crippen LogP contribution is -2.19. The first-order valence-corrected chi connectivity index (χ1v) is 3.60. The van der Waals surface area contributed by atoms with E-state index in [1.54, 1.807) is 0 Å². The molecule has 0 amide bonds. The molecule has 0 bridgehead atoms. The Morgan fingerprint density at radius 2 is 1.81 bits per heavy atom. The van der Waals surface area contributed by atoms with Gasteiger partial charge in [-0.3, -0.25) is 10.1 Å². The first-order valence-electron chi connectivity index (χ1n) is 3.60. The predicted octanol–water partition coefficient (Wildman–Crippen LogP) is 2.77. The van der Waals surface area contributed by atoms with Crippen LogP contribution in [0.1, 0.15) is 0 Å². The molecule has 1 rings (SSSR count). The fourth-order valence-corrected chi connectivity index (χ4v) is 0.878. The van der Waals surface area contributed by atoms with Crippen molar-refractivity contribution >= 4 is 5.69 Å². The van der Waals surface area contributed by atoms with E-state index < -0.39 is 34.4 Å². The Kier molecular flexibility index (Phi) is 2.97. The Morgan fingerprint density at radius 1 is 1.25 bits per heavy atom. The molecule has 0 fully saturated rings. The highest BCUT2D eigenvalue weighted by atomic mass is 19.4. The zero-order valence-corrected chi connectivity index (χ0v) is 7.22. The van der Waals surface area contributed by atoms with Gasteiger partial charge in [-0.15, -0.1) is 13.2 Å². The number of nitro benzene ring substituents is 1. The largest absolute Gasteiger partial charge is 0.573 e. The van der Waals surface area contributed by atoms with Crippen LogP contribution < -0.4 is 4.74 Å². The molecule has 0 saturated heterocycles. The standard InChI is InChI=1S/C7H2F5NO3/c8-3-1-2-4(13(14)15)6(5(3)9)16-7(10,11)12/h1-2H. The van der Waals surface area contributed by atoms with E-state index in [0.717, 1.165) is 0 Å². The lowest BCUT2D eigenvalue weighted by atomic mass is 10.3. The fraction of sp³-hybridized carbons (Fsp3) is 0.143. The van der Waals surface area contributed by atoms with Gasteiger partial charge in [-0.25, -0.2) is 4.39 Å². The van der Waals surface area contributed by atoms with Crippen molar-refractivity contribution in [2.45, 2.75) is 6.36 Å². The molecule has 0 radical (unpaired) electrons. The van der Waals surface area contributed by atoms with E-state index in [-0.39, 0.29) is 0 Å². The van der Waals surface area contributed by atoms with Crippen LogP contribution in [0.2, 0.25) is 0 Å². The Balaban J connectivity index is 3.32. The van der Waals surface area contributed by atoms with Gasteiger partial charge < -0.3 is 4.74 Å². The highest BCUT2D eigenvalue weighted by Gasteiger charge is 2.37. The zero-order valence-electron chi connectivity index (χ0n) is 7.22. The minimum atomic E-state index is -5.35. The maximum Gasteiger partial charge on any atom is 0.573 e. The first-order chi connectivity index (χ1) is 7.22.